The van der Waals surface area contributed by atoms with Crippen LogP contribution in [0, 0.1) is 0 Å². The van der Waals surface area contributed by atoms with Crippen LogP contribution in [0.4, 0.5) is 0 Å². The molecule has 0 saturated heterocycles. The molecule has 0 aromatic heterocycles. The van der Waals surface area contributed by atoms with Gasteiger partial charge in [0, 0.05) is 31.9 Å². The van der Waals surface area contributed by atoms with Crippen LogP contribution in [0.1, 0.15) is 27.2 Å². The molecule has 0 amide bonds. The lowest BCUT2D eigenvalue weighted by Gasteiger charge is -2.30. The summed E-state index contributed by atoms with van der Waals surface area (Å²) in [7, 11) is -2.58. The Balaban J connectivity index is 4.44. The molecule has 0 aliphatic heterocycles. The van der Waals surface area contributed by atoms with Gasteiger partial charge in [0.2, 0.25) is 0 Å². The average molecular weight is 250 g/mol. The summed E-state index contributed by atoms with van der Waals surface area (Å²) in [6.07, 6.45) is 0.766. The average Bonchev–Trinajstić information content (AvgIpc) is 2.18. The Bertz CT molecular complexity index is 155. The smallest absolute Gasteiger partial charge is 0.374 e. The Morgan fingerprint density at radius 3 is 1.75 bits per heavy atom. The highest BCUT2D eigenvalue weighted by Crippen LogP contribution is 2.18. The van der Waals surface area contributed by atoms with Gasteiger partial charge in [-0.2, -0.15) is 0 Å². The fourth-order valence-electron chi connectivity index (χ4n) is 1.60. The summed E-state index contributed by atoms with van der Waals surface area (Å²) in [5.74, 6) is 0. The summed E-state index contributed by atoms with van der Waals surface area (Å²) in [4.78, 5) is 0. The topological polar surface area (TPSA) is 79.7 Å². The fourth-order valence-corrected chi connectivity index (χ4v) is 4.37. The molecule has 0 aromatic carbocycles. The Morgan fingerprint density at radius 2 is 1.44 bits per heavy atom. The summed E-state index contributed by atoms with van der Waals surface area (Å²) < 4.78 is 17.1. The molecular formula is C10H26N2O3Si. The van der Waals surface area contributed by atoms with Crippen LogP contribution < -0.4 is 11.5 Å². The molecule has 0 heterocycles. The lowest BCUT2D eigenvalue weighted by molar-refractivity contribution is 0.0695. The van der Waals surface area contributed by atoms with Crippen LogP contribution in [0.5, 0.6) is 0 Å². The SMILES string of the molecule is CCO[Si](CC(N)CCN)(OCC)OCC. The normalized spacial score (nSPS) is 14.1. The minimum Gasteiger partial charge on any atom is -0.374 e. The highest BCUT2D eigenvalue weighted by molar-refractivity contribution is 6.60. The van der Waals surface area contributed by atoms with Crippen molar-refractivity contribution in [2.24, 2.45) is 11.5 Å². The molecular weight excluding hydrogens is 224 g/mol. The molecule has 0 saturated carbocycles. The third-order valence-corrected chi connectivity index (χ3v) is 5.35. The summed E-state index contributed by atoms with van der Waals surface area (Å²) in [6.45, 7) is 8.15. The van der Waals surface area contributed by atoms with E-state index in [1.807, 2.05) is 20.8 Å². The lowest BCUT2D eigenvalue weighted by atomic mass is 10.2. The summed E-state index contributed by atoms with van der Waals surface area (Å²) in [5, 5.41) is 0. The van der Waals surface area contributed by atoms with E-state index in [0.717, 1.165) is 6.42 Å². The predicted octanol–water partition coefficient (Wildman–Crippen LogP) is 0.711. The van der Waals surface area contributed by atoms with E-state index < -0.39 is 8.80 Å². The van der Waals surface area contributed by atoms with Crippen molar-refractivity contribution < 1.29 is 13.3 Å². The van der Waals surface area contributed by atoms with Gasteiger partial charge < -0.3 is 24.7 Å². The lowest BCUT2D eigenvalue weighted by Crippen LogP contribution is -2.50. The molecule has 0 radical (unpaired) electrons. The van der Waals surface area contributed by atoms with Crippen molar-refractivity contribution in [1.29, 1.82) is 0 Å². The van der Waals surface area contributed by atoms with Gasteiger partial charge >= 0.3 is 8.80 Å². The second-order valence-corrected chi connectivity index (χ2v) is 6.16. The molecule has 0 aromatic rings. The Kier molecular flexibility index (Phi) is 9.10. The van der Waals surface area contributed by atoms with Crippen LogP contribution in [0.3, 0.4) is 0 Å². The van der Waals surface area contributed by atoms with E-state index in [1.165, 1.54) is 0 Å². The van der Waals surface area contributed by atoms with E-state index in [-0.39, 0.29) is 6.04 Å². The van der Waals surface area contributed by atoms with Crippen molar-refractivity contribution in [2.75, 3.05) is 26.4 Å². The summed E-state index contributed by atoms with van der Waals surface area (Å²) >= 11 is 0. The van der Waals surface area contributed by atoms with Gasteiger partial charge in [-0.25, -0.2) is 0 Å². The molecule has 0 aliphatic carbocycles. The van der Waals surface area contributed by atoms with E-state index in [1.54, 1.807) is 0 Å². The molecule has 1 unspecified atom stereocenters. The quantitative estimate of drug-likeness (QED) is 0.558. The molecule has 0 rings (SSSR count). The minimum absolute atomic E-state index is 0.0127. The van der Waals surface area contributed by atoms with Crippen LogP contribution in [-0.4, -0.2) is 41.2 Å². The van der Waals surface area contributed by atoms with Crippen molar-refractivity contribution in [3.8, 4) is 0 Å². The zero-order valence-corrected chi connectivity index (χ0v) is 11.7. The second kappa shape index (κ2) is 9.09. The third-order valence-electron chi connectivity index (χ3n) is 2.14. The van der Waals surface area contributed by atoms with Gasteiger partial charge in [0.15, 0.2) is 0 Å². The van der Waals surface area contributed by atoms with E-state index in [2.05, 4.69) is 0 Å². The number of rotatable bonds is 10. The monoisotopic (exact) mass is 250 g/mol. The number of hydrogen-bond donors (Lipinski definition) is 2. The molecule has 98 valence electrons. The first-order valence-corrected chi connectivity index (χ1v) is 7.94. The standard InChI is InChI=1S/C10H26N2O3Si/c1-4-13-16(14-5-2,15-6-3)9-10(12)7-8-11/h10H,4-9,11-12H2,1-3H3. The third kappa shape index (κ3) is 5.93. The first-order chi connectivity index (χ1) is 7.64. The number of nitrogens with two attached hydrogens (primary N) is 2. The van der Waals surface area contributed by atoms with Gasteiger partial charge in [0.25, 0.3) is 0 Å². The van der Waals surface area contributed by atoms with Gasteiger partial charge in [-0.15, -0.1) is 0 Å². The molecule has 6 heteroatoms. The summed E-state index contributed by atoms with van der Waals surface area (Å²) in [6, 6.07) is 0.626. The first kappa shape index (κ1) is 16.0. The van der Waals surface area contributed by atoms with Crippen molar-refractivity contribution >= 4 is 8.80 Å². The predicted molar refractivity (Wildman–Crippen MR) is 67.1 cm³/mol. The van der Waals surface area contributed by atoms with Gasteiger partial charge in [-0.3, -0.25) is 0 Å². The van der Waals surface area contributed by atoms with Crippen LogP contribution in [0.2, 0.25) is 6.04 Å². The Labute approximate surface area is 99.8 Å². The molecule has 5 nitrogen and oxygen atoms in total. The van der Waals surface area contributed by atoms with E-state index in [4.69, 9.17) is 24.7 Å². The van der Waals surface area contributed by atoms with Crippen LogP contribution in [0.15, 0.2) is 0 Å². The van der Waals surface area contributed by atoms with Crippen molar-refractivity contribution in [3.63, 3.8) is 0 Å². The van der Waals surface area contributed by atoms with Crippen LogP contribution >= 0.6 is 0 Å². The summed E-state index contributed by atoms with van der Waals surface area (Å²) in [5.41, 5.74) is 11.5. The maximum Gasteiger partial charge on any atom is 0.502 e. The van der Waals surface area contributed by atoms with E-state index in [0.29, 0.717) is 32.4 Å². The molecule has 4 N–H and O–H groups in total. The number of hydrogen-bond acceptors (Lipinski definition) is 5. The largest absolute Gasteiger partial charge is 0.502 e. The maximum atomic E-state index is 5.98. The zero-order chi connectivity index (χ0) is 12.4. The van der Waals surface area contributed by atoms with Gasteiger partial charge in [0.1, 0.15) is 0 Å². The van der Waals surface area contributed by atoms with Gasteiger partial charge in [-0.05, 0) is 33.7 Å². The minimum atomic E-state index is -2.58. The highest BCUT2D eigenvalue weighted by atomic mass is 28.4. The van der Waals surface area contributed by atoms with Gasteiger partial charge in [0.05, 0.1) is 0 Å². The molecule has 16 heavy (non-hydrogen) atoms. The van der Waals surface area contributed by atoms with E-state index in [9.17, 15) is 0 Å². The maximum absolute atomic E-state index is 5.98. The molecule has 0 bridgehead atoms. The van der Waals surface area contributed by atoms with Crippen LogP contribution in [0.25, 0.3) is 0 Å². The molecule has 0 spiro atoms. The Morgan fingerprint density at radius 1 is 1.00 bits per heavy atom. The Hall–Kier alpha value is 0.0169. The van der Waals surface area contributed by atoms with Crippen molar-refractivity contribution in [2.45, 2.75) is 39.3 Å². The molecule has 0 aliphatic rings. The fraction of sp³-hybridized carbons (Fsp3) is 1.00. The zero-order valence-electron chi connectivity index (χ0n) is 10.7. The highest BCUT2D eigenvalue weighted by Gasteiger charge is 2.41. The van der Waals surface area contributed by atoms with Gasteiger partial charge in [-0.1, -0.05) is 0 Å². The first-order valence-electron chi connectivity index (χ1n) is 6.01. The van der Waals surface area contributed by atoms with Crippen molar-refractivity contribution in [1.82, 2.24) is 0 Å². The molecule has 0 fully saturated rings. The van der Waals surface area contributed by atoms with E-state index >= 15 is 0 Å². The molecule has 1 atom stereocenters. The second-order valence-electron chi connectivity index (χ2n) is 3.52. The van der Waals surface area contributed by atoms with Crippen molar-refractivity contribution in [3.05, 3.63) is 0 Å². The van der Waals surface area contributed by atoms with Crippen LogP contribution in [-0.2, 0) is 13.3 Å².